The average Bonchev–Trinajstić information content (AvgIpc) is 3.30. The molecule has 27 heavy (non-hydrogen) atoms. The fraction of sp³-hybridized carbons (Fsp3) is 0.381. The molecule has 4 atom stereocenters. The van der Waals surface area contributed by atoms with Crippen LogP contribution in [0.1, 0.15) is 29.4 Å². The first kappa shape index (κ1) is 20.1. The van der Waals surface area contributed by atoms with Crippen LogP contribution in [0, 0.1) is 17.7 Å². The Hall–Kier alpha value is -1.62. The van der Waals surface area contributed by atoms with Crippen LogP contribution in [0.4, 0.5) is 4.39 Å². The van der Waals surface area contributed by atoms with Gasteiger partial charge in [-0.3, -0.25) is 4.79 Å². The summed E-state index contributed by atoms with van der Waals surface area (Å²) in [6.45, 7) is 1.90. The van der Waals surface area contributed by atoms with Crippen molar-refractivity contribution >= 4 is 29.9 Å². The molecule has 1 saturated heterocycles. The summed E-state index contributed by atoms with van der Waals surface area (Å²) >= 11 is 6.16. The van der Waals surface area contributed by atoms with Crippen LogP contribution in [0.25, 0.3) is 0 Å². The zero-order valence-corrected chi connectivity index (χ0v) is 16.4. The molecule has 1 heterocycles. The Kier molecular flexibility index (Phi) is 6.09. The van der Waals surface area contributed by atoms with Gasteiger partial charge >= 0.3 is 0 Å². The third kappa shape index (κ3) is 3.84. The van der Waals surface area contributed by atoms with Gasteiger partial charge in [0.25, 0.3) is 0 Å². The summed E-state index contributed by atoms with van der Waals surface area (Å²) < 4.78 is 14.1. The number of likely N-dealkylation sites (tertiary alicyclic amines) is 1. The van der Waals surface area contributed by atoms with Gasteiger partial charge in [0.05, 0.1) is 0 Å². The van der Waals surface area contributed by atoms with Crippen molar-refractivity contribution in [3.05, 3.63) is 70.5 Å². The first-order valence-electron chi connectivity index (χ1n) is 9.08. The molecule has 2 aromatic rings. The van der Waals surface area contributed by atoms with Gasteiger partial charge in [0.1, 0.15) is 5.82 Å². The number of rotatable bonds is 4. The maximum atomic E-state index is 14.1. The Morgan fingerprint density at radius 1 is 1.11 bits per heavy atom. The fourth-order valence-electron chi connectivity index (χ4n) is 4.25. The standard InChI is InChI=1S/C21H22ClFN2O.ClH/c22-18-7-4-8-19(23)20(18)15-9-16(15)21(26)25-11-14(10-24)17(12-25)13-5-2-1-3-6-13;/h1-8,14-17H,9-12,24H2;1H/t14-,15?,16?,17+;/m1./s1. The topological polar surface area (TPSA) is 46.3 Å². The smallest absolute Gasteiger partial charge is 0.226 e. The first-order valence-corrected chi connectivity index (χ1v) is 9.45. The molecule has 2 unspecified atom stereocenters. The molecular weight excluding hydrogens is 386 g/mol. The first-order chi connectivity index (χ1) is 12.6. The number of halogens is 3. The highest BCUT2D eigenvalue weighted by Gasteiger charge is 2.49. The summed E-state index contributed by atoms with van der Waals surface area (Å²) in [5.41, 5.74) is 7.68. The van der Waals surface area contributed by atoms with Gasteiger partial charge in [-0.1, -0.05) is 48.0 Å². The average molecular weight is 409 g/mol. The highest BCUT2D eigenvalue weighted by atomic mass is 35.5. The van der Waals surface area contributed by atoms with E-state index in [1.165, 1.54) is 11.6 Å². The maximum Gasteiger partial charge on any atom is 0.226 e. The largest absolute Gasteiger partial charge is 0.341 e. The van der Waals surface area contributed by atoms with E-state index in [2.05, 4.69) is 12.1 Å². The van der Waals surface area contributed by atoms with Crippen molar-refractivity contribution in [1.29, 1.82) is 0 Å². The van der Waals surface area contributed by atoms with Crippen LogP contribution in [0.15, 0.2) is 48.5 Å². The van der Waals surface area contributed by atoms with Crippen LogP contribution in [0.5, 0.6) is 0 Å². The van der Waals surface area contributed by atoms with Crippen molar-refractivity contribution in [3.63, 3.8) is 0 Å². The molecular formula is C21H23Cl2FN2O. The van der Waals surface area contributed by atoms with Crippen molar-refractivity contribution in [3.8, 4) is 0 Å². The van der Waals surface area contributed by atoms with Crippen molar-refractivity contribution in [2.24, 2.45) is 17.6 Å². The molecule has 144 valence electrons. The van der Waals surface area contributed by atoms with Gasteiger partial charge in [-0.2, -0.15) is 0 Å². The Balaban J connectivity index is 0.00000210. The lowest BCUT2D eigenvalue weighted by Crippen LogP contribution is -2.31. The van der Waals surface area contributed by atoms with Crippen LogP contribution in [0.3, 0.4) is 0 Å². The van der Waals surface area contributed by atoms with E-state index in [0.717, 1.165) is 0 Å². The highest BCUT2D eigenvalue weighted by Crippen LogP contribution is 2.52. The number of hydrogen-bond acceptors (Lipinski definition) is 2. The predicted molar refractivity (Wildman–Crippen MR) is 108 cm³/mol. The minimum atomic E-state index is -0.318. The van der Waals surface area contributed by atoms with Gasteiger partial charge in [-0.15, -0.1) is 12.4 Å². The molecule has 0 bridgehead atoms. The zero-order chi connectivity index (χ0) is 18.3. The van der Waals surface area contributed by atoms with Crippen LogP contribution >= 0.6 is 24.0 Å². The van der Waals surface area contributed by atoms with E-state index in [-0.39, 0.29) is 47.8 Å². The summed E-state index contributed by atoms with van der Waals surface area (Å²) in [6, 6.07) is 14.9. The number of nitrogens with two attached hydrogens (primary N) is 1. The van der Waals surface area contributed by atoms with E-state index >= 15 is 0 Å². The molecule has 2 N–H and O–H groups in total. The monoisotopic (exact) mass is 408 g/mol. The molecule has 1 saturated carbocycles. The summed E-state index contributed by atoms with van der Waals surface area (Å²) in [5.74, 6) is 0.0306. The molecule has 4 rings (SSSR count). The number of amides is 1. The Morgan fingerprint density at radius 2 is 1.85 bits per heavy atom. The fourth-order valence-corrected chi connectivity index (χ4v) is 4.56. The molecule has 0 radical (unpaired) electrons. The van der Waals surface area contributed by atoms with Crippen LogP contribution in [-0.4, -0.2) is 30.4 Å². The second-order valence-electron chi connectivity index (χ2n) is 7.34. The highest BCUT2D eigenvalue weighted by molar-refractivity contribution is 6.31. The van der Waals surface area contributed by atoms with Crippen molar-refractivity contribution in [2.45, 2.75) is 18.3 Å². The molecule has 0 aromatic heterocycles. The molecule has 6 heteroatoms. The van der Waals surface area contributed by atoms with Gasteiger partial charge in [0, 0.05) is 41.4 Å². The quantitative estimate of drug-likeness (QED) is 0.823. The van der Waals surface area contributed by atoms with Gasteiger partial charge in [-0.05, 0) is 36.6 Å². The Morgan fingerprint density at radius 3 is 2.52 bits per heavy atom. The van der Waals surface area contributed by atoms with Gasteiger partial charge in [0.15, 0.2) is 0 Å². The number of nitrogens with zero attached hydrogens (tertiary/aromatic N) is 1. The van der Waals surface area contributed by atoms with Crippen molar-refractivity contribution in [1.82, 2.24) is 4.90 Å². The minimum Gasteiger partial charge on any atom is -0.341 e. The SMILES string of the molecule is Cl.NC[C@@H]1CN(C(=O)C2CC2c2c(F)cccc2Cl)C[C@H]1c1ccccc1. The van der Waals surface area contributed by atoms with Crippen LogP contribution < -0.4 is 5.73 Å². The molecule has 1 aliphatic heterocycles. The number of benzene rings is 2. The maximum absolute atomic E-state index is 14.1. The predicted octanol–water partition coefficient (Wildman–Crippen LogP) is 4.21. The van der Waals surface area contributed by atoms with Gasteiger partial charge < -0.3 is 10.6 Å². The van der Waals surface area contributed by atoms with Crippen molar-refractivity contribution in [2.75, 3.05) is 19.6 Å². The second kappa shape index (κ2) is 8.17. The van der Waals surface area contributed by atoms with Crippen LogP contribution in [-0.2, 0) is 4.79 Å². The minimum absolute atomic E-state index is 0. The molecule has 1 aliphatic carbocycles. The third-order valence-corrected chi connectivity index (χ3v) is 6.09. The van der Waals surface area contributed by atoms with E-state index in [1.807, 2.05) is 23.1 Å². The van der Waals surface area contributed by atoms with Crippen LogP contribution in [0.2, 0.25) is 5.02 Å². The second-order valence-corrected chi connectivity index (χ2v) is 7.75. The lowest BCUT2D eigenvalue weighted by atomic mass is 9.89. The molecule has 2 aliphatic rings. The molecule has 1 amide bonds. The van der Waals surface area contributed by atoms with Crippen molar-refractivity contribution < 1.29 is 9.18 Å². The zero-order valence-electron chi connectivity index (χ0n) is 14.9. The Labute approximate surface area is 170 Å². The normalized spacial score (nSPS) is 26.6. The van der Waals surface area contributed by atoms with E-state index < -0.39 is 0 Å². The number of hydrogen-bond donors (Lipinski definition) is 1. The molecule has 2 fully saturated rings. The lowest BCUT2D eigenvalue weighted by Gasteiger charge is -2.17. The summed E-state index contributed by atoms with van der Waals surface area (Å²) in [5, 5.41) is 0.411. The lowest BCUT2D eigenvalue weighted by molar-refractivity contribution is -0.131. The number of carbonyl (C=O) groups excluding carboxylic acids is 1. The summed E-state index contributed by atoms with van der Waals surface area (Å²) in [7, 11) is 0. The van der Waals surface area contributed by atoms with E-state index in [4.69, 9.17) is 17.3 Å². The molecule has 2 aromatic carbocycles. The van der Waals surface area contributed by atoms with E-state index in [0.29, 0.717) is 36.6 Å². The summed E-state index contributed by atoms with van der Waals surface area (Å²) in [4.78, 5) is 14.9. The van der Waals surface area contributed by atoms with Gasteiger partial charge in [-0.25, -0.2) is 4.39 Å². The van der Waals surface area contributed by atoms with Gasteiger partial charge in [0.2, 0.25) is 5.91 Å². The molecule has 3 nitrogen and oxygen atoms in total. The van der Waals surface area contributed by atoms with E-state index in [1.54, 1.807) is 12.1 Å². The number of carbonyl (C=O) groups is 1. The molecule has 0 spiro atoms. The van der Waals surface area contributed by atoms with E-state index in [9.17, 15) is 9.18 Å². The summed E-state index contributed by atoms with van der Waals surface area (Å²) in [6.07, 6.45) is 0.666. The third-order valence-electron chi connectivity index (χ3n) is 5.76. The Bertz CT molecular complexity index is 797.